The van der Waals surface area contributed by atoms with E-state index in [9.17, 15) is 0 Å². The molecule has 1 saturated heterocycles. The number of nitrogens with one attached hydrogen (secondary N) is 1. The molecule has 1 N–H and O–H groups in total. The lowest BCUT2D eigenvalue weighted by Gasteiger charge is -2.22. The Balaban J connectivity index is 1.99. The minimum atomic E-state index is 0.746. The second-order valence-corrected chi connectivity index (χ2v) is 5.01. The molecule has 5 heteroatoms. The zero-order valence-corrected chi connectivity index (χ0v) is 10.9. The van der Waals surface area contributed by atoms with Gasteiger partial charge in [0, 0.05) is 30.7 Å². The fourth-order valence-corrected chi connectivity index (χ4v) is 3.01. The Labute approximate surface area is 101 Å². The smallest absolute Gasteiger partial charge is 0.134 e. The molecule has 2 rings (SSSR count). The van der Waals surface area contributed by atoms with E-state index in [1.807, 2.05) is 0 Å². The third-order valence-electron chi connectivity index (χ3n) is 3.22. The molecule has 16 heavy (non-hydrogen) atoms. The van der Waals surface area contributed by atoms with Crippen molar-refractivity contribution < 1.29 is 0 Å². The highest BCUT2D eigenvalue weighted by molar-refractivity contribution is 7.10. The van der Waals surface area contributed by atoms with Crippen molar-refractivity contribution in [2.45, 2.75) is 45.7 Å². The van der Waals surface area contributed by atoms with E-state index in [1.54, 1.807) is 0 Å². The highest BCUT2D eigenvalue weighted by Crippen LogP contribution is 2.25. The molecular formula is C11H20N4S. The van der Waals surface area contributed by atoms with E-state index in [-0.39, 0.29) is 0 Å². The molecule has 1 unspecified atom stereocenters. The Morgan fingerprint density at radius 3 is 3.12 bits per heavy atom. The lowest BCUT2D eigenvalue weighted by molar-refractivity contribution is 0.237. The molecule has 1 aliphatic rings. The predicted octanol–water partition coefficient (Wildman–Crippen LogP) is 2.34. The predicted molar refractivity (Wildman–Crippen MR) is 67.8 cm³/mol. The second-order valence-electron chi connectivity index (χ2n) is 4.25. The number of rotatable bonds is 5. The average Bonchev–Trinajstić information content (AvgIpc) is 2.89. The Bertz CT molecular complexity index is 326. The monoisotopic (exact) mass is 240 g/mol. The van der Waals surface area contributed by atoms with Crippen molar-refractivity contribution in [3.63, 3.8) is 0 Å². The summed E-state index contributed by atoms with van der Waals surface area (Å²) in [6, 6.07) is 0.746. The number of hydrogen-bond donors (Lipinski definition) is 1. The molecule has 0 saturated carbocycles. The highest BCUT2D eigenvalue weighted by atomic mass is 32.1. The van der Waals surface area contributed by atoms with Crippen LogP contribution in [-0.2, 0) is 6.54 Å². The SMILES string of the molecule is CCNc1snnc1CN1CCCC1CC. The number of aromatic nitrogens is 2. The van der Waals surface area contributed by atoms with Gasteiger partial charge in [0.05, 0.1) is 0 Å². The summed E-state index contributed by atoms with van der Waals surface area (Å²) in [6.07, 6.45) is 3.91. The molecule has 1 aromatic rings. The van der Waals surface area contributed by atoms with E-state index < -0.39 is 0 Å². The maximum atomic E-state index is 4.23. The van der Waals surface area contributed by atoms with E-state index >= 15 is 0 Å². The van der Waals surface area contributed by atoms with Crippen LogP contribution >= 0.6 is 11.5 Å². The van der Waals surface area contributed by atoms with E-state index in [1.165, 1.54) is 37.3 Å². The van der Waals surface area contributed by atoms with Crippen molar-refractivity contribution in [2.75, 3.05) is 18.4 Å². The van der Waals surface area contributed by atoms with Gasteiger partial charge in [-0.2, -0.15) is 0 Å². The summed E-state index contributed by atoms with van der Waals surface area (Å²) in [6.45, 7) is 7.48. The van der Waals surface area contributed by atoms with Crippen LogP contribution in [0.4, 0.5) is 5.00 Å². The summed E-state index contributed by atoms with van der Waals surface area (Å²) in [4.78, 5) is 2.54. The maximum Gasteiger partial charge on any atom is 0.134 e. The molecule has 0 aliphatic carbocycles. The van der Waals surface area contributed by atoms with Gasteiger partial charge in [0.25, 0.3) is 0 Å². The van der Waals surface area contributed by atoms with Crippen LogP contribution in [0.15, 0.2) is 0 Å². The third-order valence-corrected chi connectivity index (χ3v) is 3.94. The van der Waals surface area contributed by atoms with E-state index in [2.05, 4.69) is 33.7 Å². The first-order chi connectivity index (χ1) is 7.85. The highest BCUT2D eigenvalue weighted by Gasteiger charge is 2.24. The van der Waals surface area contributed by atoms with Gasteiger partial charge in [-0.05, 0) is 32.7 Å². The molecule has 0 amide bonds. The molecule has 4 nitrogen and oxygen atoms in total. The van der Waals surface area contributed by atoms with Crippen molar-refractivity contribution >= 4 is 16.5 Å². The van der Waals surface area contributed by atoms with Gasteiger partial charge in [0.2, 0.25) is 0 Å². The molecule has 2 heterocycles. The summed E-state index contributed by atoms with van der Waals surface area (Å²) in [7, 11) is 0. The van der Waals surface area contributed by atoms with Crippen LogP contribution in [0.25, 0.3) is 0 Å². The molecule has 1 aliphatic heterocycles. The van der Waals surface area contributed by atoms with E-state index in [0.717, 1.165) is 29.8 Å². The molecular weight excluding hydrogens is 220 g/mol. The summed E-state index contributed by atoms with van der Waals surface area (Å²) in [5.74, 6) is 0. The Kier molecular flexibility index (Phi) is 4.12. The molecule has 1 aromatic heterocycles. The van der Waals surface area contributed by atoms with Crippen LogP contribution in [0.5, 0.6) is 0 Å². The van der Waals surface area contributed by atoms with Crippen LogP contribution in [0.1, 0.15) is 38.8 Å². The quantitative estimate of drug-likeness (QED) is 0.857. The fraction of sp³-hybridized carbons (Fsp3) is 0.818. The number of likely N-dealkylation sites (tertiary alicyclic amines) is 1. The Morgan fingerprint density at radius 1 is 1.50 bits per heavy atom. The molecule has 1 atom stereocenters. The van der Waals surface area contributed by atoms with Gasteiger partial charge in [-0.25, -0.2) is 0 Å². The van der Waals surface area contributed by atoms with Crippen LogP contribution in [0.2, 0.25) is 0 Å². The first kappa shape index (κ1) is 11.8. The topological polar surface area (TPSA) is 41.1 Å². The molecule has 0 aromatic carbocycles. The number of hydrogen-bond acceptors (Lipinski definition) is 5. The zero-order valence-electron chi connectivity index (χ0n) is 10.1. The summed E-state index contributed by atoms with van der Waals surface area (Å²) in [5, 5.41) is 8.70. The Hall–Kier alpha value is -0.680. The maximum absolute atomic E-state index is 4.23. The second kappa shape index (κ2) is 5.59. The molecule has 0 bridgehead atoms. The van der Waals surface area contributed by atoms with Crippen LogP contribution in [-0.4, -0.2) is 33.6 Å². The van der Waals surface area contributed by atoms with Crippen molar-refractivity contribution in [2.24, 2.45) is 0 Å². The van der Waals surface area contributed by atoms with Crippen LogP contribution in [0.3, 0.4) is 0 Å². The van der Waals surface area contributed by atoms with E-state index in [4.69, 9.17) is 0 Å². The molecule has 90 valence electrons. The van der Waals surface area contributed by atoms with Crippen molar-refractivity contribution in [3.05, 3.63) is 5.69 Å². The average molecular weight is 240 g/mol. The Morgan fingerprint density at radius 2 is 2.38 bits per heavy atom. The third kappa shape index (κ3) is 2.52. The van der Waals surface area contributed by atoms with Gasteiger partial charge >= 0.3 is 0 Å². The van der Waals surface area contributed by atoms with Gasteiger partial charge in [0.15, 0.2) is 0 Å². The summed E-state index contributed by atoms with van der Waals surface area (Å²) >= 11 is 1.47. The minimum Gasteiger partial charge on any atom is -0.374 e. The molecule has 0 spiro atoms. The lowest BCUT2D eigenvalue weighted by atomic mass is 10.2. The first-order valence-electron chi connectivity index (χ1n) is 6.14. The van der Waals surface area contributed by atoms with Crippen LogP contribution < -0.4 is 5.32 Å². The first-order valence-corrected chi connectivity index (χ1v) is 6.91. The van der Waals surface area contributed by atoms with E-state index in [0.29, 0.717) is 0 Å². The molecule has 0 radical (unpaired) electrons. The van der Waals surface area contributed by atoms with Gasteiger partial charge in [0.1, 0.15) is 10.7 Å². The molecule has 1 fully saturated rings. The van der Waals surface area contributed by atoms with Gasteiger partial charge in [-0.3, -0.25) is 4.90 Å². The van der Waals surface area contributed by atoms with Crippen LogP contribution in [0, 0.1) is 0 Å². The fourth-order valence-electron chi connectivity index (χ4n) is 2.36. The summed E-state index contributed by atoms with van der Waals surface area (Å²) < 4.78 is 4.04. The van der Waals surface area contributed by atoms with Gasteiger partial charge in [-0.15, -0.1) is 5.10 Å². The minimum absolute atomic E-state index is 0.746. The summed E-state index contributed by atoms with van der Waals surface area (Å²) in [5.41, 5.74) is 1.12. The number of nitrogens with zero attached hydrogens (tertiary/aromatic N) is 3. The van der Waals surface area contributed by atoms with Crippen molar-refractivity contribution in [1.29, 1.82) is 0 Å². The van der Waals surface area contributed by atoms with Gasteiger partial charge in [-0.1, -0.05) is 11.4 Å². The normalized spacial score (nSPS) is 21.5. The standard InChI is InChI=1S/C11H20N4S/c1-3-9-6-5-7-15(9)8-10-11(12-4-2)16-14-13-10/h9,12H,3-8H2,1-2H3. The van der Waals surface area contributed by atoms with Gasteiger partial charge < -0.3 is 5.32 Å². The number of anilines is 1. The lowest BCUT2D eigenvalue weighted by Crippen LogP contribution is -2.28. The largest absolute Gasteiger partial charge is 0.374 e. The van der Waals surface area contributed by atoms with Crippen molar-refractivity contribution in [1.82, 2.24) is 14.5 Å². The van der Waals surface area contributed by atoms with Crippen molar-refractivity contribution in [3.8, 4) is 0 Å². The zero-order chi connectivity index (χ0) is 11.4.